The van der Waals surface area contributed by atoms with Gasteiger partial charge in [-0.3, -0.25) is 9.59 Å². The van der Waals surface area contributed by atoms with Gasteiger partial charge in [-0.25, -0.2) is 8.42 Å². The van der Waals surface area contributed by atoms with E-state index in [0.717, 1.165) is 12.1 Å². The van der Waals surface area contributed by atoms with Crippen molar-refractivity contribution in [2.24, 2.45) is 5.41 Å². The smallest absolute Gasteiger partial charge is 0.405 e. The maximum atomic E-state index is 13.8. The fraction of sp³-hybridized carbons (Fsp3) is 0.464. The number of nitrogens with zero attached hydrogens (tertiary/aromatic N) is 2. The molecule has 2 aliphatic carbocycles. The Morgan fingerprint density at radius 2 is 1.70 bits per heavy atom. The molecule has 0 aromatic heterocycles. The van der Waals surface area contributed by atoms with Crippen LogP contribution in [0, 0.1) is 23.7 Å². The average Bonchev–Trinajstić information content (AvgIpc) is 3.83. The first-order chi connectivity index (χ1) is 19.9. The van der Waals surface area contributed by atoms with Crippen LogP contribution in [-0.4, -0.2) is 61.0 Å². The van der Waals surface area contributed by atoms with Gasteiger partial charge in [-0.15, -0.1) is 13.2 Å². The van der Waals surface area contributed by atoms with E-state index in [-0.39, 0.29) is 21.6 Å². The van der Waals surface area contributed by atoms with Crippen LogP contribution in [0.4, 0.5) is 26.3 Å². The highest BCUT2D eigenvalue weighted by Gasteiger charge is 2.70. The molecule has 0 bridgehead atoms. The highest BCUT2D eigenvalue weighted by atomic mass is 32.2. The summed E-state index contributed by atoms with van der Waals surface area (Å²) in [5.41, 5.74) is -3.53. The first-order valence-electron chi connectivity index (χ1n) is 13.2. The summed E-state index contributed by atoms with van der Waals surface area (Å²) >= 11 is 0. The van der Waals surface area contributed by atoms with E-state index >= 15 is 0 Å². The quantitative estimate of drug-likeness (QED) is 0.440. The fourth-order valence-electron chi connectivity index (χ4n) is 5.46. The van der Waals surface area contributed by atoms with E-state index in [1.807, 2.05) is 6.07 Å². The first kappa shape index (κ1) is 30.7. The molecule has 1 saturated heterocycles. The predicted molar refractivity (Wildman–Crippen MR) is 138 cm³/mol. The molecule has 2 aromatic carbocycles. The number of hydrogen-bond acceptors (Lipinski definition) is 6. The van der Waals surface area contributed by atoms with Gasteiger partial charge in [-0.1, -0.05) is 30.3 Å². The number of carbonyl (C=O) groups is 2. The summed E-state index contributed by atoms with van der Waals surface area (Å²) in [4.78, 5) is 26.8. The van der Waals surface area contributed by atoms with Gasteiger partial charge in [0.15, 0.2) is 9.84 Å². The van der Waals surface area contributed by atoms with Gasteiger partial charge < -0.3 is 15.0 Å². The van der Waals surface area contributed by atoms with Gasteiger partial charge in [-0.2, -0.15) is 18.4 Å². The zero-order valence-corrected chi connectivity index (χ0v) is 23.4. The van der Waals surface area contributed by atoms with Gasteiger partial charge in [0, 0.05) is 12.1 Å². The maximum absolute atomic E-state index is 13.8. The van der Waals surface area contributed by atoms with E-state index in [0.29, 0.717) is 17.7 Å². The largest absolute Gasteiger partial charge is 0.573 e. The lowest BCUT2D eigenvalue weighted by Gasteiger charge is -2.29. The zero-order valence-electron chi connectivity index (χ0n) is 22.6. The number of rotatable bonds is 7. The van der Waals surface area contributed by atoms with Crippen molar-refractivity contribution in [3.8, 4) is 22.9 Å². The summed E-state index contributed by atoms with van der Waals surface area (Å²) in [6.07, 6.45) is -10.7. The number of para-hydroxylation sites is 1. The minimum Gasteiger partial charge on any atom is -0.405 e. The van der Waals surface area contributed by atoms with Crippen LogP contribution in [-0.2, 0) is 19.4 Å². The van der Waals surface area contributed by atoms with Gasteiger partial charge in [0.05, 0.1) is 16.2 Å². The van der Waals surface area contributed by atoms with Crippen molar-refractivity contribution in [2.75, 3.05) is 6.54 Å². The van der Waals surface area contributed by atoms with Crippen molar-refractivity contribution in [3.63, 3.8) is 0 Å². The van der Waals surface area contributed by atoms with Gasteiger partial charge in [0.1, 0.15) is 22.7 Å². The van der Waals surface area contributed by atoms with Gasteiger partial charge in [0.25, 0.3) is 0 Å². The van der Waals surface area contributed by atoms with E-state index in [4.69, 9.17) is 0 Å². The number of alkyl halides is 6. The minimum absolute atomic E-state index is 0.0367. The number of nitrogens with one attached hydrogen (secondary N) is 1. The Morgan fingerprint density at radius 1 is 1.05 bits per heavy atom. The molecule has 15 heteroatoms. The van der Waals surface area contributed by atoms with Gasteiger partial charge >= 0.3 is 12.5 Å². The Kier molecular flexibility index (Phi) is 7.23. The summed E-state index contributed by atoms with van der Waals surface area (Å²) in [5, 5.41) is 10.4. The molecule has 2 aromatic rings. The highest BCUT2D eigenvalue weighted by molar-refractivity contribution is 7.92. The molecule has 0 spiro atoms. The second kappa shape index (κ2) is 10.1. The Morgan fingerprint density at radius 3 is 2.23 bits per heavy atom. The SMILES string of the molecule is Cc1cc(-c2ccccc2OC(F)(F)F)ccc1S(=O)(=O)[C@@H]1C[C@@H](C(=O)NC2(C#N)CC2)N(C(=O)C2(C(F)(F)F)CC2)C1. The molecule has 0 unspecified atom stereocenters. The van der Waals surface area contributed by atoms with Crippen LogP contribution in [0.15, 0.2) is 47.4 Å². The number of likely N-dealkylation sites (tertiary alicyclic amines) is 1. The number of sulfone groups is 1. The van der Waals surface area contributed by atoms with E-state index in [9.17, 15) is 49.6 Å². The van der Waals surface area contributed by atoms with Gasteiger partial charge in [-0.05, 0) is 62.3 Å². The lowest BCUT2D eigenvalue weighted by atomic mass is 10.0. The molecule has 3 aliphatic rings. The molecule has 8 nitrogen and oxygen atoms in total. The first-order valence-corrected chi connectivity index (χ1v) is 14.8. The van der Waals surface area contributed by atoms with Crippen molar-refractivity contribution in [3.05, 3.63) is 48.0 Å². The molecule has 5 rings (SSSR count). The van der Waals surface area contributed by atoms with Crippen molar-refractivity contribution in [1.82, 2.24) is 10.2 Å². The van der Waals surface area contributed by atoms with Crippen LogP contribution < -0.4 is 10.1 Å². The minimum atomic E-state index is -4.97. The van der Waals surface area contributed by atoms with Crippen LogP contribution in [0.2, 0.25) is 0 Å². The number of halogens is 6. The van der Waals surface area contributed by atoms with Crippen molar-refractivity contribution in [1.29, 1.82) is 5.26 Å². The van der Waals surface area contributed by atoms with Crippen LogP contribution in [0.1, 0.15) is 37.7 Å². The van der Waals surface area contributed by atoms with E-state index < -0.39 is 88.0 Å². The molecule has 2 saturated carbocycles. The van der Waals surface area contributed by atoms with Crippen LogP contribution >= 0.6 is 0 Å². The topological polar surface area (TPSA) is 117 Å². The summed E-state index contributed by atoms with van der Waals surface area (Å²) in [6, 6.07) is 9.40. The van der Waals surface area contributed by atoms with E-state index in [2.05, 4.69) is 10.1 Å². The van der Waals surface area contributed by atoms with Crippen LogP contribution in [0.3, 0.4) is 0 Å². The predicted octanol–water partition coefficient (Wildman–Crippen LogP) is 4.82. The second-order valence-corrected chi connectivity index (χ2v) is 13.4. The molecule has 2 amide bonds. The third kappa shape index (κ3) is 5.64. The number of amides is 2. The number of nitriles is 1. The molecule has 230 valence electrons. The normalized spacial score (nSPS) is 22.4. The summed E-state index contributed by atoms with van der Waals surface area (Å²) < 4.78 is 112. The molecule has 1 N–H and O–H groups in total. The number of benzene rings is 2. The summed E-state index contributed by atoms with van der Waals surface area (Å²) in [7, 11) is -4.37. The molecular weight excluding hydrogens is 604 g/mol. The number of hydrogen-bond donors (Lipinski definition) is 1. The Balaban J connectivity index is 1.45. The number of aryl methyl sites for hydroxylation is 1. The molecule has 1 aliphatic heterocycles. The van der Waals surface area contributed by atoms with Crippen LogP contribution in [0.25, 0.3) is 11.1 Å². The molecule has 1 heterocycles. The van der Waals surface area contributed by atoms with Crippen molar-refractivity contribution in [2.45, 2.75) is 73.3 Å². The fourth-order valence-corrected chi connectivity index (χ4v) is 7.37. The molecule has 2 atom stereocenters. The lowest BCUT2D eigenvalue weighted by Crippen LogP contribution is -2.53. The third-order valence-electron chi connectivity index (χ3n) is 8.20. The van der Waals surface area contributed by atoms with E-state index in [1.54, 1.807) is 0 Å². The molecule has 3 fully saturated rings. The van der Waals surface area contributed by atoms with Crippen molar-refractivity contribution < 1.29 is 49.1 Å². The van der Waals surface area contributed by atoms with E-state index in [1.165, 1.54) is 37.3 Å². The summed E-state index contributed by atoms with van der Waals surface area (Å²) in [5.74, 6) is -2.79. The van der Waals surface area contributed by atoms with Crippen LogP contribution in [0.5, 0.6) is 5.75 Å². The number of carbonyl (C=O) groups excluding carboxylic acids is 2. The molecular formula is C28H25F6N3O5S. The Bertz CT molecular complexity index is 1620. The average molecular weight is 630 g/mol. The summed E-state index contributed by atoms with van der Waals surface area (Å²) in [6.45, 7) is 0.721. The maximum Gasteiger partial charge on any atom is 0.573 e. The standard InChI is InChI=1S/C28H25F6N3O5S/c1-16-12-17(19-4-2-3-5-21(19)42-28(32,33)34)6-7-22(16)43(40,41)18-13-20(23(38)36-25(15-35)8-9-25)37(14-18)24(39)26(10-11-26)27(29,30)31/h2-7,12,18,20H,8-11,13-14H2,1H3,(H,36,38)/t18-,20+/m1/s1. The lowest BCUT2D eigenvalue weighted by molar-refractivity contribution is -0.274. The van der Waals surface area contributed by atoms with Gasteiger partial charge in [0.2, 0.25) is 11.8 Å². The second-order valence-electron chi connectivity index (χ2n) is 11.2. The monoisotopic (exact) mass is 629 g/mol. The molecule has 0 radical (unpaired) electrons. The molecule has 43 heavy (non-hydrogen) atoms. The Labute approximate surface area is 242 Å². The zero-order chi connectivity index (χ0) is 31.6. The van der Waals surface area contributed by atoms with Crippen molar-refractivity contribution >= 4 is 21.7 Å². The third-order valence-corrected chi connectivity index (χ3v) is 10.5. The highest BCUT2D eigenvalue weighted by Crippen LogP contribution is 2.59. The number of ether oxygens (including phenoxy) is 1. The Hall–Kier alpha value is -3.80.